The number of ether oxygens (including phenoxy) is 1. The first kappa shape index (κ1) is 13.0. The van der Waals surface area contributed by atoms with E-state index in [1.54, 1.807) is 25.3 Å². The summed E-state index contributed by atoms with van der Waals surface area (Å²) in [6, 6.07) is 7.24. The number of hydrogen-bond acceptors (Lipinski definition) is 5. The summed E-state index contributed by atoms with van der Waals surface area (Å²) in [6.07, 6.45) is 3.22. The number of aryl methyl sites for hydroxylation is 1. The molecule has 0 spiro atoms. The number of nitrogens with one attached hydrogen (secondary N) is 1. The number of hydrogen-bond donors (Lipinski definition) is 1. The van der Waals surface area contributed by atoms with E-state index in [4.69, 9.17) is 4.74 Å². The maximum absolute atomic E-state index is 11.5. The summed E-state index contributed by atoms with van der Waals surface area (Å²) >= 11 is 0. The number of pyridine rings is 2. The third-order valence-corrected chi connectivity index (χ3v) is 2.46. The molecule has 0 radical (unpaired) electrons. The zero-order valence-electron chi connectivity index (χ0n) is 10.9. The summed E-state index contributed by atoms with van der Waals surface area (Å²) in [6.45, 7) is 4.05. The van der Waals surface area contributed by atoms with Gasteiger partial charge in [0.1, 0.15) is 5.82 Å². The Kier molecular flexibility index (Phi) is 4.07. The van der Waals surface area contributed by atoms with Crippen LogP contribution in [0.1, 0.15) is 23.0 Å². The number of esters is 1. The Morgan fingerprint density at radius 1 is 1.21 bits per heavy atom. The zero-order chi connectivity index (χ0) is 13.7. The summed E-state index contributed by atoms with van der Waals surface area (Å²) in [4.78, 5) is 19.8. The molecule has 0 bridgehead atoms. The Bertz CT molecular complexity index is 550. The maximum atomic E-state index is 11.5. The van der Waals surface area contributed by atoms with Gasteiger partial charge in [0, 0.05) is 11.9 Å². The lowest BCUT2D eigenvalue weighted by atomic mass is 10.3. The molecule has 1 N–H and O–H groups in total. The Hall–Kier alpha value is -2.43. The first-order valence-electron chi connectivity index (χ1n) is 6.02. The fraction of sp³-hybridized carbons (Fsp3) is 0.214. The molecule has 2 heterocycles. The van der Waals surface area contributed by atoms with Gasteiger partial charge in [-0.1, -0.05) is 0 Å². The topological polar surface area (TPSA) is 64.1 Å². The van der Waals surface area contributed by atoms with Crippen LogP contribution < -0.4 is 5.32 Å². The van der Waals surface area contributed by atoms with E-state index in [9.17, 15) is 4.79 Å². The van der Waals surface area contributed by atoms with Crippen LogP contribution in [-0.4, -0.2) is 22.5 Å². The van der Waals surface area contributed by atoms with E-state index >= 15 is 0 Å². The molecule has 5 heteroatoms. The van der Waals surface area contributed by atoms with Crippen LogP contribution in [0.15, 0.2) is 36.7 Å². The second-order valence-corrected chi connectivity index (χ2v) is 3.97. The summed E-state index contributed by atoms with van der Waals surface area (Å²) in [5.41, 5.74) is 2.24. The Morgan fingerprint density at radius 3 is 2.63 bits per heavy atom. The standard InChI is InChI=1S/C14H15N3O2/c1-3-19-14(18)11-5-7-13(16-8-11)17-12-6-4-10(2)15-9-12/h4-9H,3H2,1-2H3,(H,16,17). The molecule has 0 aliphatic carbocycles. The summed E-state index contributed by atoms with van der Waals surface area (Å²) in [5, 5.41) is 3.10. The van der Waals surface area contributed by atoms with Gasteiger partial charge in [0.05, 0.1) is 24.1 Å². The molecule has 2 rings (SSSR count). The van der Waals surface area contributed by atoms with Gasteiger partial charge in [0.15, 0.2) is 0 Å². The maximum Gasteiger partial charge on any atom is 0.339 e. The predicted molar refractivity (Wildman–Crippen MR) is 72.5 cm³/mol. The molecule has 2 aromatic rings. The Balaban J connectivity index is 2.06. The van der Waals surface area contributed by atoms with Crippen molar-refractivity contribution in [2.24, 2.45) is 0 Å². The van der Waals surface area contributed by atoms with Gasteiger partial charge in [-0.15, -0.1) is 0 Å². The van der Waals surface area contributed by atoms with Crippen molar-refractivity contribution < 1.29 is 9.53 Å². The highest BCUT2D eigenvalue weighted by atomic mass is 16.5. The largest absolute Gasteiger partial charge is 0.462 e. The van der Waals surface area contributed by atoms with E-state index in [1.807, 2.05) is 19.1 Å². The molecule has 0 saturated heterocycles. The second-order valence-electron chi connectivity index (χ2n) is 3.97. The average Bonchev–Trinajstić information content (AvgIpc) is 2.42. The van der Waals surface area contributed by atoms with E-state index in [2.05, 4.69) is 15.3 Å². The molecule has 0 atom stereocenters. The van der Waals surface area contributed by atoms with Crippen molar-refractivity contribution >= 4 is 17.5 Å². The smallest absolute Gasteiger partial charge is 0.339 e. The molecule has 0 amide bonds. The van der Waals surface area contributed by atoms with Gasteiger partial charge < -0.3 is 10.1 Å². The van der Waals surface area contributed by atoms with Crippen molar-refractivity contribution in [2.45, 2.75) is 13.8 Å². The molecule has 0 aliphatic heterocycles. The summed E-state index contributed by atoms with van der Waals surface area (Å²) in [7, 11) is 0. The highest BCUT2D eigenvalue weighted by Crippen LogP contribution is 2.14. The number of carbonyl (C=O) groups excluding carboxylic acids is 1. The number of anilines is 2. The molecule has 2 aromatic heterocycles. The summed E-state index contributed by atoms with van der Waals surface area (Å²) in [5.74, 6) is 0.289. The summed E-state index contributed by atoms with van der Waals surface area (Å²) < 4.78 is 4.89. The van der Waals surface area contributed by atoms with E-state index in [-0.39, 0.29) is 5.97 Å². The SMILES string of the molecule is CCOC(=O)c1ccc(Nc2ccc(C)nc2)nc1. The number of carbonyl (C=O) groups is 1. The molecule has 0 aliphatic rings. The lowest BCUT2D eigenvalue weighted by molar-refractivity contribution is 0.0526. The fourth-order valence-corrected chi connectivity index (χ4v) is 1.49. The molecule has 0 saturated carbocycles. The van der Waals surface area contributed by atoms with E-state index in [1.165, 1.54) is 6.20 Å². The number of aromatic nitrogens is 2. The van der Waals surface area contributed by atoms with Crippen LogP contribution in [0.3, 0.4) is 0 Å². The molecule has 98 valence electrons. The van der Waals surface area contributed by atoms with Crippen molar-refractivity contribution in [3.63, 3.8) is 0 Å². The highest BCUT2D eigenvalue weighted by Gasteiger charge is 2.06. The second kappa shape index (κ2) is 5.95. The average molecular weight is 257 g/mol. The molecular formula is C14H15N3O2. The van der Waals surface area contributed by atoms with Gasteiger partial charge in [0.2, 0.25) is 0 Å². The fourth-order valence-electron chi connectivity index (χ4n) is 1.49. The number of nitrogens with zero attached hydrogens (tertiary/aromatic N) is 2. The van der Waals surface area contributed by atoms with Crippen LogP contribution in [0.25, 0.3) is 0 Å². The van der Waals surface area contributed by atoms with Gasteiger partial charge in [-0.25, -0.2) is 9.78 Å². The lowest BCUT2D eigenvalue weighted by Gasteiger charge is -2.06. The minimum Gasteiger partial charge on any atom is -0.462 e. The minimum atomic E-state index is -0.362. The molecule has 19 heavy (non-hydrogen) atoms. The van der Waals surface area contributed by atoms with Crippen molar-refractivity contribution in [3.05, 3.63) is 47.9 Å². The van der Waals surface area contributed by atoms with Gasteiger partial charge in [0.25, 0.3) is 0 Å². The molecular weight excluding hydrogens is 242 g/mol. The van der Waals surface area contributed by atoms with Crippen molar-refractivity contribution in [1.82, 2.24) is 9.97 Å². The first-order valence-corrected chi connectivity index (χ1v) is 6.02. The zero-order valence-corrected chi connectivity index (χ0v) is 10.9. The number of rotatable bonds is 4. The third kappa shape index (κ3) is 3.51. The molecule has 0 unspecified atom stereocenters. The predicted octanol–water partition coefficient (Wildman–Crippen LogP) is 2.71. The molecule has 0 fully saturated rings. The van der Waals surface area contributed by atoms with Gasteiger partial charge in [-0.2, -0.15) is 0 Å². The van der Waals surface area contributed by atoms with Gasteiger partial charge >= 0.3 is 5.97 Å². The van der Waals surface area contributed by atoms with Crippen LogP contribution in [-0.2, 0) is 4.74 Å². The van der Waals surface area contributed by atoms with Crippen LogP contribution in [0.2, 0.25) is 0 Å². The van der Waals surface area contributed by atoms with Crippen LogP contribution in [0.5, 0.6) is 0 Å². The van der Waals surface area contributed by atoms with Gasteiger partial charge in [-0.05, 0) is 38.1 Å². The molecule has 0 aromatic carbocycles. The highest BCUT2D eigenvalue weighted by molar-refractivity contribution is 5.89. The normalized spacial score (nSPS) is 10.0. The Morgan fingerprint density at radius 2 is 2.05 bits per heavy atom. The quantitative estimate of drug-likeness (QED) is 0.853. The van der Waals surface area contributed by atoms with Crippen molar-refractivity contribution in [1.29, 1.82) is 0 Å². The lowest BCUT2D eigenvalue weighted by Crippen LogP contribution is -2.05. The van der Waals surface area contributed by atoms with E-state index < -0.39 is 0 Å². The van der Waals surface area contributed by atoms with Crippen LogP contribution in [0, 0.1) is 6.92 Å². The van der Waals surface area contributed by atoms with Gasteiger partial charge in [-0.3, -0.25) is 4.98 Å². The molecule has 5 nitrogen and oxygen atoms in total. The van der Waals surface area contributed by atoms with E-state index in [0.29, 0.717) is 18.0 Å². The van der Waals surface area contributed by atoms with Crippen LogP contribution in [0.4, 0.5) is 11.5 Å². The first-order chi connectivity index (χ1) is 9.19. The van der Waals surface area contributed by atoms with Crippen molar-refractivity contribution in [3.8, 4) is 0 Å². The van der Waals surface area contributed by atoms with Crippen molar-refractivity contribution in [2.75, 3.05) is 11.9 Å². The van der Waals surface area contributed by atoms with Crippen LogP contribution >= 0.6 is 0 Å². The van der Waals surface area contributed by atoms with E-state index in [0.717, 1.165) is 11.4 Å². The monoisotopic (exact) mass is 257 g/mol. The third-order valence-electron chi connectivity index (χ3n) is 2.46. The minimum absolute atomic E-state index is 0.355. The Labute approximate surface area is 111 Å².